The highest BCUT2D eigenvalue weighted by Gasteiger charge is 2.19. The van der Waals surface area contributed by atoms with Crippen LogP contribution in [0.1, 0.15) is 16.1 Å². The second-order valence-electron chi connectivity index (χ2n) is 4.18. The molecule has 0 fully saturated rings. The van der Waals surface area contributed by atoms with Crippen LogP contribution in [0.2, 0.25) is 0 Å². The zero-order valence-electron chi connectivity index (χ0n) is 9.46. The van der Waals surface area contributed by atoms with Crippen LogP contribution in [0.3, 0.4) is 0 Å². The standard InChI is InChI=1S/C13H10N2O3/c16-12-6-11-8-2-1-4-14-10(8)3-5-15(11)7-9(12)13(17)18/h1-2,4,6-7H,3,5H2,(H,17,18). The summed E-state index contributed by atoms with van der Waals surface area (Å²) in [5, 5.41) is 8.94. The number of hydrogen-bond donors (Lipinski definition) is 1. The van der Waals surface area contributed by atoms with E-state index in [1.54, 1.807) is 10.8 Å². The van der Waals surface area contributed by atoms with Crippen LogP contribution in [0.25, 0.3) is 11.3 Å². The summed E-state index contributed by atoms with van der Waals surface area (Å²) in [6.45, 7) is 0.639. The summed E-state index contributed by atoms with van der Waals surface area (Å²) >= 11 is 0. The van der Waals surface area contributed by atoms with E-state index in [9.17, 15) is 9.59 Å². The predicted octanol–water partition coefficient (Wildman–Crippen LogP) is 1.16. The second kappa shape index (κ2) is 3.80. The lowest BCUT2D eigenvalue weighted by molar-refractivity contribution is 0.0694. The van der Waals surface area contributed by atoms with Gasteiger partial charge in [0, 0.05) is 37.0 Å². The number of nitrogens with zero attached hydrogens (tertiary/aromatic N) is 2. The van der Waals surface area contributed by atoms with Gasteiger partial charge >= 0.3 is 5.97 Å². The smallest absolute Gasteiger partial charge is 0.341 e. The Bertz CT molecular complexity index is 704. The van der Waals surface area contributed by atoms with Gasteiger partial charge in [0.05, 0.1) is 11.4 Å². The molecule has 18 heavy (non-hydrogen) atoms. The van der Waals surface area contributed by atoms with Crippen molar-refractivity contribution in [3.8, 4) is 11.3 Å². The number of hydrogen-bond acceptors (Lipinski definition) is 3. The lowest BCUT2D eigenvalue weighted by Crippen LogP contribution is -2.22. The maximum absolute atomic E-state index is 11.7. The minimum Gasteiger partial charge on any atom is -0.477 e. The first-order valence-corrected chi connectivity index (χ1v) is 5.59. The van der Waals surface area contributed by atoms with Crippen molar-refractivity contribution < 1.29 is 9.90 Å². The number of carbonyl (C=O) groups is 1. The molecule has 3 heterocycles. The highest BCUT2D eigenvalue weighted by molar-refractivity contribution is 5.87. The molecular weight excluding hydrogens is 232 g/mol. The van der Waals surface area contributed by atoms with Crippen molar-refractivity contribution in [3.05, 3.63) is 52.1 Å². The molecule has 0 saturated heterocycles. The fourth-order valence-corrected chi connectivity index (χ4v) is 2.25. The summed E-state index contributed by atoms with van der Waals surface area (Å²) < 4.78 is 1.80. The first-order valence-electron chi connectivity index (χ1n) is 5.59. The monoisotopic (exact) mass is 242 g/mol. The van der Waals surface area contributed by atoms with Crippen molar-refractivity contribution in [2.24, 2.45) is 0 Å². The Hall–Kier alpha value is -2.43. The van der Waals surface area contributed by atoms with E-state index in [1.165, 1.54) is 12.3 Å². The summed E-state index contributed by atoms with van der Waals surface area (Å²) in [6, 6.07) is 5.08. The molecule has 0 atom stereocenters. The number of pyridine rings is 2. The van der Waals surface area contributed by atoms with Crippen molar-refractivity contribution in [1.82, 2.24) is 9.55 Å². The molecule has 90 valence electrons. The first kappa shape index (κ1) is 10.7. The molecule has 1 N–H and O–H groups in total. The van der Waals surface area contributed by atoms with Gasteiger partial charge in [0.15, 0.2) is 5.43 Å². The van der Waals surface area contributed by atoms with E-state index in [-0.39, 0.29) is 5.56 Å². The first-order chi connectivity index (χ1) is 8.66. The molecule has 5 heteroatoms. The van der Waals surface area contributed by atoms with Crippen LogP contribution in [0.5, 0.6) is 0 Å². The molecule has 0 aromatic carbocycles. The summed E-state index contributed by atoms with van der Waals surface area (Å²) in [7, 11) is 0. The molecule has 0 bridgehead atoms. The van der Waals surface area contributed by atoms with Crippen LogP contribution in [0, 0.1) is 0 Å². The van der Waals surface area contributed by atoms with Crippen LogP contribution in [-0.2, 0) is 13.0 Å². The lowest BCUT2D eigenvalue weighted by atomic mass is 10.0. The van der Waals surface area contributed by atoms with E-state index in [4.69, 9.17) is 5.11 Å². The average molecular weight is 242 g/mol. The molecule has 0 amide bonds. The van der Waals surface area contributed by atoms with Gasteiger partial charge in [0.2, 0.25) is 0 Å². The fraction of sp³-hybridized carbons (Fsp3) is 0.154. The van der Waals surface area contributed by atoms with Crippen molar-refractivity contribution in [1.29, 1.82) is 0 Å². The third-order valence-corrected chi connectivity index (χ3v) is 3.11. The number of fused-ring (bicyclic) bond motifs is 3. The van der Waals surface area contributed by atoms with E-state index in [0.717, 1.165) is 23.4 Å². The number of carboxylic acids is 1. The van der Waals surface area contributed by atoms with Crippen LogP contribution in [-0.4, -0.2) is 20.6 Å². The maximum Gasteiger partial charge on any atom is 0.341 e. The van der Waals surface area contributed by atoms with Crippen molar-refractivity contribution in [2.75, 3.05) is 0 Å². The number of rotatable bonds is 1. The Morgan fingerprint density at radius 1 is 1.44 bits per heavy atom. The topological polar surface area (TPSA) is 72.2 Å². The average Bonchev–Trinajstić information content (AvgIpc) is 2.37. The Morgan fingerprint density at radius 2 is 2.28 bits per heavy atom. The van der Waals surface area contributed by atoms with Gasteiger partial charge in [-0.15, -0.1) is 0 Å². The fourth-order valence-electron chi connectivity index (χ4n) is 2.25. The van der Waals surface area contributed by atoms with E-state index < -0.39 is 11.4 Å². The van der Waals surface area contributed by atoms with E-state index in [2.05, 4.69) is 4.98 Å². The quantitative estimate of drug-likeness (QED) is 0.814. The molecule has 0 unspecified atom stereocenters. The Balaban J connectivity index is 2.27. The van der Waals surface area contributed by atoms with Crippen LogP contribution in [0.4, 0.5) is 0 Å². The van der Waals surface area contributed by atoms with Crippen molar-refractivity contribution >= 4 is 5.97 Å². The second-order valence-corrected chi connectivity index (χ2v) is 4.18. The third-order valence-electron chi connectivity index (χ3n) is 3.11. The minimum atomic E-state index is -1.19. The van der Waals surface area contributed by atoms with Gasteiger partial charge in [-0.2, -0.15) is 0 Å². The predicted molar refractivity (Wildman–Crippen MR) is 64.6 cm³/mol. The molecule has 1 aliphatic heterocycles. The lowest BCUT2D eigenvalue weighted by Gasteiger charge is -2.21. The van der Waals surface area contributed by atoms with Crippen LogP contribution < -0.4 is 5.43 Å². The molecule has 2 aromatic rings. The number of carboxylic acid groups (broad SMARTS) is 1. The molecule has 0 radical (unpaired) electrons. The van der Waals surface area contributed by atoms with Gasteiger partial charge in [0.1, 0.15) is 5.56 Å². The summed E-state index contributed by atoms with van der Waals surface area (Å²) in [6.07, 6.45) is 3.87. The van der Waals surface area contributed by atoms with Crippen molar-refractivity contribution in [2.45, 2.75) is 13.0 Å². The normalized spacial score (nSPS) is 12.7. The van der Waals surface area contributed by atoms with Crippen molar-refractivity contribution in [3.63, 3.8) is 0 Å². The largest absolute Gasteiger partial charge is 0.477 e. The number of aromatic nitrogens is 2. The molecule has 1 aliphatic rings. The molecule has 0 saturated carbocycles. The SMILES string of the molecule is O=C(O)c1cn2c(cc1=O)-c1cccnc1CC2. The molecular formula is C13H10N2O3. The summed E-state index contributed by atoms with van der Waals surface area (Å²) in [5.74, 6) is -1.19. The highest BCUT2D eigenvalue weighted by atomic mass is 16.4. The minimum absolute atomic E-state index is 0.189. The molecule has 2 aromatic heterocycles. The van der Waals surface area contributed by atoms with Gasteiger partial charge in [-0.05, 0) is 12.1 Å². The van der Waals surface area contributed by atoms with Gasteiger partial charge in [-0.25, -0.2) is 4.79 Å². The molecule has 0 aliphatic carbocycles. The molecule has 3 rings (SSSR count). The maximum atomic E-state index is 11.7. The van der Waals surface area contributed by atoms with E-state index in [1.807, 2.05) is 12.1 Å². The summed E-state index contributed by atoms with van der Waals surface area (Å²) in [4.78, 5) is 26.9. The van der Waals surface area contributed by atoms with Crippen LogP contribution in [0.15, 0.2) is 35.4 Å². The Labute approximate surface area is 102 Å². The number of aryl methyl sites for hydroxylation is 2. The van der Waals surface area contributed by atoms with Gasteiger partial charge in [0.25, 0.3) is 0 Å². The summed E-state index contributed by atoms with van der Waals surface area (Å²) in [5.41, 5.74) is 1.92. The molecule has 0 spiro atoms. The third kappa shape index (κ3) is 1.52. The zero-order valence-corrected chi connectivity index (χ0v) is 9.46. The van der Waals surface area contributed by atoms with E-state index >= 15 is 0 Å². The number of aromatic carboxylic acids is 1. The van der Waals surface area contributed by atoms with Gasteiger partial charge in [-0.3, -0.25) is 9.78 Å². The van der Waals surface area contributed by atoms with E-state index in [0.29, 0.717) is 6.54 Å². The van der Waals surface area contributed by atoms with Gasteiger partial charge in [-0.1, -0.05) is 0 Å². The Kier molecular flexibility index (Phi) is 2.26. The zero-order chi connectivity index (χ0) is 12.7. The van der Waals surface area contributed by atoms with Gasteiger partial charge < -0.3 is 9.67 Å². The van der Waals surface area contributed by atoms with Crippen LogP contribution >= 0.6 is 0 Å². The molecule has 5 nitrogen and oxygen atoms in total. The highest BCUT2D eigenvalue weighted by Crippen LogP contribution is 2.26. The Morgan fingerprint density at radius 3 is 3.06 bits per heavy atom.